The summed E-state index contributed by atoms with van der Waals surface area (Å²) in [5.74, 6) is 1.31. The first-order chi connectivity index (χ1) is 13.9. The van der Waals surface area contributed by atoms with Gasteiger partial charge in [0.1, 0.15) is 5.75 Å². The molecule has 0 unspecified atom stereocenters. The quantitative estimate of drug-likeness (QED) is 0.619. The van der Waals surface area contributed by atoms with Gasteiger partial charge in [0.25, 0.3) is 0 Å². The van der Waals surface area contributed by atoms with Crippen LogP contribution in [0.25, 0.3) is 0 Å². The number of para-hydroxylation sites is 1. The van der Waals surface area contributed by atoms with Gasteiger partial charge in [-0.05, 0) is 37.2 Å². The van der Waals surface area contributed by atoms with Crippen molar-refractivity contribution in [3.8, 4) is 17.2 Å². The number of carbonyl (C=O) groups excluding carboxylic acids is 1. The van der Waals surface area contributed by atoms with Crippen LogP contribution < -0.4 is 19.5 Å². The lowest BCUT2D eigenvalue weighted by molar-refractivity contribution is -0.122. The molecule has 2 aromatic carbocycles. The number of amides is 1. The van der Waals surface area contributed by atoms with Gasteiger partial charge >= 0.3 is 6.61 Å². The first-order valence-corrected chi connectivity index (χ1v) is 9.11. The average Bonchev–Trinajstić information content (AvgIpc) is 2.68. The Morgan fingerprint density at radius 2 is 1.83 bits per heavy atom. The van der Waals surface area contributed by atoms with Crippen molar-refractivity contribution < 1.29 is 27.8 Å². The Hall–Kier alpha value is -2.87. The molecule has 0 heterocycles. The predicted molar refractivity (Wildman–Crippen MR) is 106 cm³/mol. The molecule has 0 saturated heterocycles. The minimum atomic E-state index is -2.84. The van der Waals surface area contributed by atoms with Gasteiger partial charge in [0.15, 0.2) is 11.5 Å². The van der Waals surface area contributed by atoms with Crippen LogP contribution in [0.3, 0.4) is 0 Å². The van der Waals surface area contributed by atoms with E-state index in [0.717, 1.165) is 11.1 Å². The lowest BCUT2D eigenvalue weighted by atomic mass is 10.1. The molecule has 29 heavy (non-hydrogen) atoms. The summed E-state index contributed by atoms with van der Waals surface area (Å²) in [6, 6.07) is 12.0. The molecule has 0 atom stereocenters. The highest BCUT2D eigenvalue weighted by Gasteiger charge is 2.13. The van der Waals surface area contributed by atoms with Gasteiger partial charge in [-0.3, -0.25) is 9.69 Å². The van der Waals surface area contributed by atoms with Gasteiger partial charge in [0.2, 0.25) is 5.91 Å². The first kappa shape index (κ1) is 22.4. The van der Waals surface area contributed by atoms with E-state index in [-0.39, 0.29) is 18.2 Å². The maximum Gasteiger partial charge on any atom is 0.387 e. The maximum atomic E-state index is 12.2. The molecule has 2 aromatic rings. The molecular formula is C21H26F2N2O4. The molecule has 8 heteroatoms. The lowest BCUT2D eigenvalue weighted by Gasteiger charge is -2.19. The number of alkyl halides is 2. The summed E-state index contributed by atoms with van der Waals surface area (Å²) in [5, 5.41) is 2.86. The summed E-state index contributed by atoms with van der Waals surface area (Å²) < 4.78 is 39.3. The third-order valence-corrected chi connectivity index (χ3v) is 4.22. The zero-order valence-corrected chi connectivity index (χ0v) is 16.8. The van der Waals surface area contributed by atoms with Gasteiger partial charge in [0.05, 0.1) is 20.8 Å². The molecule has 158 valence electrons. The van der Waals surface area contributed by atoms with Crippen LogP contribution in [-0.2, 0) is 17.8 Å². The Morgan fingerprint density at radius 1 is 1.10 bits per heavy atom. The maximum absolute atomic E-state index is 12.2. The zero-order chi connectivity index (χ0) is 21.2. The van der Waals surface area contributed by atoms with Gasteiger partial charge in [-0.15, -0.1) is 0 Å². The number of carbonyl (C=O) groups is 1. The van der Waals surface area contributed by atoms with Crippen molar-refractivity contribution in [3.05, 3.63) is 53.6 Å². The molecule has 0 fully saturated rings. The minimum Gasteiger partial charge on any atom is -0.493 e. The topological polar surface area (TPSA) is 60.0 Å². The SMILES string of the molecule is COc1cccc(CN(C)CC(=O)NCCc2ccc(OC(F)F)cc2)c1OC. The number of methoxy groups -OCH3 is 2. The van der Waals surface area contributed by atoms with Crippen molar-refractivity contribution in [1.29, 1.82) is 0 Å². The number of hydrogen-bond donors (Lipinski definition) is 1. The van der Waals surface area contributed by atoms with Crippen LogP contribution in [0.15, 0.2) is 42.5 Å². The summed E-state index contributed by atoms with van der Waals surface area (Å²) in [4.78, 5) is 14.1. The Labute approximate surface area is 169 Å². The normalized spacial score (nSPS) is 10.9. The number of rotatable bonds is 11. The number of benzene rings is 2. The first-order valence-electron chi connectivity index (χ1n) is 9.11. The molecule has 0 aliphatic rings. The van der Waals surface area contributed by atoms with Crippen molar-refractivity contribution >= 4 is 5.91 Å². The van der Waals surface area contributed by atoms with Crippen molar-refractivity contribution in [3.63, 3.8) is 0 Å². The number of hydrogen-bond acceptors (Lipinski definition) is 5. The van der Waals surface area contributed by atoms with E-state index >= 15 is 0 Å². The Balaban J connectivity index is 1.78. The number of nitrogens with one attached hydrogen (secondary N) is 1. The summed E-state index contributed by atoms with van der Waals surface area (Å²) >= 11 is 0. The second-order valence-corrected chi connectivity index (χ2v) is 6.45. The van der Waals surface area contributed by atoms with Gasteiger partial charge in [0, 0.05) is 18.7 Å². The molecule has 0 spiro atoms. The fraction of sp³-hybridized carbons (Fsp3) is 0.381. The van der Waals surface area contributed by atoms with Crippen LogP contribution in [0.2, 0.25) is 0 Å². The van der Waals surface area contributed by atoms with Crippen molar-refractivity contribution in [2.45, 2.75) is 19.6 Å². The standard InChI is InChI=1S/C21H26F2N2O4/c1-25(13-16-5-4-6-18(27-2)20(16)28-3)14-19(26)24-12-11-15-7-9-17(10-8-15)29-21(22)23/h4-10,21H,11-14H2,1-3H3,(H,24,26). The van der Waals surface area contributed by atoms with Crippen molar-refractivity contribution in [2.24, 2.45) is 0 Å². The molecule has 0 aromatic heterocycles. The summed E-state index contributed by atoms with van der Waals surface area (Å²) in [6.45, 7) is -1.64. The van der Waals surface area contributed by atoms with Crippen LogP contribution in [0.5, 0.6) is 17.2 Å². The third kappa shape index (κ3) is 7.23. The van der Waals surface area contributed by atoms with Gasteiger partial charge in [-0.2, -0.15) is 8.78 Å². The van der Waals surface area contributed by atoms with Gasteiger partial charge in [-0.25, -0.2) is 0 Å². The number of halogens is 2. The second-order valence-electron chi connectivity index (χ2n) is 6.45. The summed E-state index contributed by atoms with van der Waals surface area (Å²) in [6.07, 6.45) is 0.591. The molecular weight excluding hydrogens is 382 g/mol. The van der Waals surface area contributed by atoms with Crippen molar-refractivity contribution in [1.82, 2.24) is 10.2 Å². The monoisotopic (exact) mass is 408 g/mol. The fourth-order valence-corrected chi connectivity index (χ4v) is 2.91. The highest BCUT2D eigenvalue weighted by molar-refractivity contribution is 5.78. The number of likely N-dealkylation sites (N-methyl/N-ethyl adjacent to an activating group) is 1. The molecule has 6 nitrogen and oxygen atoms in total. The van der Waals surface area contributed by atoms with Crippen molar-refractivity contribution in [2.75, 3.05) is 34.4 Å². The van der Waals surface area contributed by atoms with E-state index in [4.69, 9.17) is 9.47 Å². The lowest BCUT2D eigenvalue weighted by Crippen LogP contribution is -2.35. The summed E-state index contributed by atoms with van der Waals surface area (Å²) in [7, 11) is 5.01. The molecule has 0 bridgehead atoms. The van der Waals surface area contributed by atoms with Crippen LogP contribution in [0.1, 0.15) is 11.1 Å². The molecule has 0 aliphatic carbocycles. The smallest absolute Gasteiger partial charge is 0.387 e. The Bertz CT molecular complexity index is 785. The third-order valence-electron chi connectivity index (χ3n) is 4.22. The molecule has 1 N–H and O–H groups in total. The van der Waals surface area contributed by atoms with Crippen LogP contribution >= 0.6 is 0 Å². The molecule has 2 rings (SSSR count). The highest BCUT2D eigenvalue weighted by atomic mass is 19.3. The number of ether oxygens (including phenoxy) is 3. The van der Waals surface area contributed by atoms with Crippen LogP contribution in [0, 0.1) is 0 Å². The van der Waals surface area contributed by atoms with E-state index in [1.54, 1.807) is 26.4 Å². The van der Waals surface area contributed by atoms with E-state index in [9.17, 15) is 13.6 Å². The Morgan fingerprint density at radius 3 is 2.45 bits per heavy atom. The Kier molecular flexibility index (Phi) is 8.67. The molecule has 1 amide bonds. The molecule has 0 radical (unpaired) electrons. The van der Waals surface area contributed by atoms with E-state index in [0.29, 0.717) is 31.0 Å². The van der Waals surface area contributed by atoms with Crippen LogP contribution in [0.4, 0.5) is 8.78 Å². The second kappa shape index (κ2) is 11.2. The number of nitrogens with zero attached hydrogens (tertiary/aromatic N) is 1. The fourth-order valence-electron chi connectivity index (χ4n) is 2.91. The summed E-state index contributed by atoms with van der Waals surface area (Å²) in [5.41, 5.74) is 1.84. The molecule has 0 saturated carbocycles. The zero-order valence-electron chi connectivity index (χ0n) is 16.8. The predicted octanol–water partition coefficient (Wildman–Crippen LogP) is 3.10. The van der Waals surface area contributed by atoms with Crippen LogP contribution in [-0.4, -0.2) is 51.8 Å². The van der Waals surface area contributed by atoms with E-state index in [1.807, 2.05) is 30.1 Å². The average molecular weight is 408 g/mol. The minimum absolute atomic E-state index is 0.105. The van der Waals surface area contributed by atoms with E-state index in [2.05, 4.69) is 10.1 Å². The molecule has 0 aliphatic heterocycles. The van der Waals surface area contributed by atoms with E-state index < -0.39 is 6.61 Å². The van der Waals surface area contributed by atoms with Gasteiger partial charge in [-0.1, -0.05) is 24.3 Å². The largest absolute Gasteiger partial charge is 0.493 e. The highest BCUT2D eigenvalue weighted by Crippen LogP contribution is 2.31. The van der Waals surface area contributed by atoms with E-state index in [1.165, 1.54) is 12.1 Å². The van der Waals surface area contributed by atoms with Gasteiger partial charge < -0.3 is 19.5 Å².